The zero-order valence-electron chi connectivity index (χ0n) is 43.6. The topological polar surface area (TPSA) is 78.9 Å². The lowest BCUT2D eigenvalue weighted by molar-refractivity contribution is -0.167. The SMILES string of the molecule is CCCCC/C=C\C/C=C\C/C=C\C/C=C\CCCC(=O)O[C@@H](COC(=O)CCCCCCC/C=C\C/C=C\CCCCC)COC(=O)CCCCCCCCC/C=C\C/C=C\CCCCC. The van der Waals surface area contributed by atoms with Crippen LogP contribution in [0.1, 0.15) is 252 Å². The molecule has 0 spiro atoms. The van der Waals surface area contributed by atoms with Gasteiger partial charge in [-0.25, -0.2) is 0 Å². The van der Waals surface area contributed by atoms with E-state index in [1.54, 1.807) is 0 Å². The van der Waals surface area contributed by atoms with E-state index >= 15 is 0 Å². The third-order valence-electron chi connectivity index (χ3n) is 11.5. The van der Waals surface area contributed by atoms with Crippen molar-refractivity contribution in [2.75, 3.05) is 13.2 Å². The number of hydrogen-bond donors (Lipinski definition) is 0. The van der Waals surface area contributed by atoms with Crippen LogP contribution in [0, 0.1) is 0 Å². The van der Waals surface area contributed by atoms with Crippen LogP contribution >= 0.6 is 0 Å². The molecule has 6 heteroatoms. The van der Waals surface area contributed by atoms with Crippen molar-refractivity contribution in [2.45, 2.75) is 258 Å². The van der Waals surface area contributed by atoms with Crippen LogP contribution in [0.25, 0.3) is 0 Å². The van der Waals surface area contributed by atoms with E-state index in [2.05, 4.69) is 118 Å². The Balaban J connectivity index is 4.52. The first-order chi connectivity index (χ1) is 33.0. The minimum atomic E-state index is -0.816. The molecule has 0 radical (unpaired) electrons. The highest BCUT2D eigenvalue weighted by molar-refractivity contribution is 5.71. The number of carbonyl (C=O) groups is 3. The van der Waals surface area contributed by atoms with Crippen LogP contribution < -0.4 is 0 Å². The third-order valence-corrected chi connectivity index (χ3v) is 11.5. The summed E-state index contributed by atoms with van der Waals surface area (Å²) in [6.07, 6.45) is 72.5. The lowest BCUT2D eigenvalue weighted by atomic mass is 10.1. The van der Waals surface area contributed by atoms with Gasteiger partial charge in [-0.1, -0.05) is 208 Å². The van der Waals surface area contributed by atoms with Crippen LogP contribution in [0.3, 0.4) is 0 Å². The number of unbranched alkanes of at least 4 members (excludes halogenated alkanes) is 22. The maximum Gasteiger partial charge on any atom is 0.306 e. The van der Waals surface area contributed by atoms with Gasteiger partial charge in [0.1, 0.15) is 13.2 Å². The molecule has 0 aliphatic rings. The Hall–Kier alpha value is -3.67. The first-order valence-corrected chi connectivity index (χ1v) is 27.7. The quantitative estimate of drug-likeness (QED) is 0.0262. The Labute approximate surface area is 413 Å². The molecule has 0 saturated carbocycles. The molecule has 0 aromatic rings. The number of esters is 3. The number of rotatable bonds is 49. The molecule has 382 valence electrons. The van der Waals surface area contributed by atoms with Crippen molar-refractivity contribution >= 4 is 17.9 Å². The minimum Gasteiger partial charge on any atom is -0.462 e. The fourth-order valence-electron chi connectivity index (χ4n) is 7.32. The number of hydrogen-bond acceptors (Lipinski definition) is 6. The van der Waals surface area contributed by atoms with Crippen molar-refractivity contribution in [2.24, 2.45) is 0 Å². The smallest absolute Gasteiger partial charge is 0.306 e. The van der Waals surface area contributed by atoms with Gasteiger partial charge in [-0.3, -0.25) is 14.4 Å². The monoisotopic (exact) mass is 931 g/mol. The van der Waals surface area contributed by atoms with Gasteiger partial charge in [0.25, 0.3) is 0 Å². The summed E-state index contributed by atoms with van der Waals surface area (Å²) >= 11 is 0. The van der Waals surface area contributed by atoms with Gasteiger partial charge in [0.15, 0.2) is 6.10 Å². The van der Waals surface area contributed by atoms with Gasteiger partial charge in [-0.2, -0.15) is 0 Å². The fourth-order valence-corrected chi connectivity index (χ4v) is 7.32. The second kappa shape index (κ2) is 54.9. The van der Waals surface area contributed by atoms with E-state index in [1.165, 1.54) is 103 Å². The molecule has 0 rings (SSSR count). The molecule has 0 bridgehead atoms. The summed E-state index contributed by atoms with van der Waals surface area (Å²) in [6, 6.07) is 0. The molecule has 0 N–H and O–H groups in total. The third kappa shape index (κ3) is 53.2. The molecule has 67 heavy (non-hydrogen) atoms. The summed E-state index contributed by atoms with van der Waals surface area (Å²) in [5.74, 6) is -0.986. The normalized spacial score (nSPS) is 12.8. The van der Waals surface area contributed by atoms with Gasteiger partial charge in [0, 0.05) is 19.3 Å². The second-order valence-electron chi connectivity index (χ2n) is 18.1. The van der Waals surface area contributed by atoms with E-state index < -0.39 is 6.10 Å². The molecule has 1 atom stereocenters. The lowest BCUT2D eigenvalue weighted by Crippen LogP contribution is -2.30. The zero-order valence-corrected chi connectivity index (χ0v) is 43.6. The lowest BCUT2D eigenvalue weighted by Gasteiger charge is -2.18. The largest absolute Gasteiger partial charge is 0.462 e. The second-order valence-corrected chi connectivity index (χ2v) is 18.1. The highest BCUT2D eigenvalue weighted by atomic mass is 16.6. The van der Waals surface area contributed by atoms with E-state index in [0.717, 1.165) is 103 Å². The highest BCUT2D eigenvalue weighted by Crippen LogP contribution is 2.13. The van der Waals surface area contributed by atoms with E-state index in [-0.39, 0.29) is 37.5 Å². The van der Waals surface area contributed by atoms with Gasteiger partial charge in [0.2, 0.25) is 0 Å². The standard InChI is InChI=1S/C61H102O6/c1-4-7-10-13-16-19-22-25-28-30-33-36-39-42-45-48-51-54-60(63)66-57-58(56-65-59(62)53-50-47-44-41-38-35-32-27-24-21-18-15-12-9-6-3)67-61(64)55-52-49-46-43-40-37-34-31-29-26-23-20-17-14-11-8-5-2/h16-21,25-29,32,34,37,43,46,58H,4-15,22-24,30-31,33,35-36,38-42,44-45,47-57H2,1-3H3/b19-16-,20-17-,21-18-,28-25-,29-26-,32-27-,37-34-,46-43-/t58-/m0/s1. The molecular weight excluding hydrogens is 829 g/mol. The maximum absolute atomic E-state index is 12.8. The van der Waals surface area contributed by atoms with Crippen LogP contribution in [0.4, 0.5) is 0 Å². The predicted octanol–water partition coefficient (Wildman–Crippen LogP) is 18.5. The van der Waals surface area contributed by atoms with E-state index in [0.29, 0.717) is 19.3 Å². The van der Waals surface area contributed by atoms with Crippen molar-refractivity contribution in [1.82, 2.24) is 0 Å². The molecule has 0 fully saturated rings. The first-order valence-electron chi connectivity index (χ1n) is 27.7. The molecular formula is C61H102O6. The van der Waals surface area contributed by atoms with E-state index in [9.17, 15) is 14.4 Å². The van der Waals surface area contributed by atoms with E-state index in [4.69, 9.17) is 14.2 Å². The highest BCUT2D eigenvalue weighted by Gasteiger charge is 2.19. The van der Waals surface area contributed by atoms with Crippen molar-refractivity contribution in [3.63, 3.8) is 0 Å². The number of carbonyl (C=O) groups excluding carboxylic acids is 3. The average Bonchev–Trinajstić information content (AvgIpc) is 3.33. The average molecular weight is 931 g/mol. The van der Waals surface area contributed by atoms with Crippen molar-refractivity contribution in [1.29, 1.82) is 0 Å². The number of allylic oxidation sites excluding steroid dienone is 16. The van der Waals surface area contributed by atoms with E-state index in [1.807, 2.05) is 0 Å². The van der Waals surface area contributed by atoms with Gasteiger partial charge in [-0.15, -0.1) is 0 Å². The molecule has 6 nitrogen and oxygen atoms in total. The Morgan fingerprint density at radius 1 is 0.299 bits per heavy atom. The van der Waals surface area contributed by atoms with Crippen LogP contribution in [0.5, 0.6) is 0 Å². The molecule has 0 aromatic carbocycles. The molecule has 0 amide bonds. The summed E-state index contributed by atoms with van der Waals surface area (Å²) in [4.78, 5) is 38.1. The van der Waals surface area contributed by atoms with Gasteiger partial charge < -0.3 is 14.2 Å². The maximum atomic E-state index is 12.8. The summed E-state index contributed by atoms with van der Waals surface area (Å²) in [5.41, 5.74) is 0. The first kappa shape index (κ1) is 63.3. The molecule has 0 heterocycles. The number of ether oxygens (including phenoxy) is 3. The minimum absolute atomic E-state index is 0.109. The molecule has 0 aliphatic heterocycles. The van der Waals surface area contributed by atoms with Crippen LogP contribution in [0.2, 0.25) is 0 Å². The Morgan fingerprint density at radius 3 is 0.881 bits per heavy atom. The molecule has 0 saturated heterocycles. The summed E-state index contributed by atoms with van der Waals surface area (Å²) in [7, 11) is 0. The summed E-state index contributed by atoms with van der Waals surface area (Å²) in [5, 5.41) is 0. The van der Waals surface area contributed by atoms with Crippen LogP contribution in [-0.2, 0) is 28.6 Å². The van der Waals surface area contributed by atoms with Crippen LogP contribution in [0.15, 0.2) is 97.2 Å². The van der Waals surface area contributed by atoms with Gasteiger partial charge in [-0.05, 0) is 122 Å². The van der Waals surface area contributed by atoms with Gasteiger partial charge in [0.05, 0.1) is 0 Å². The fraction of sp³-hybridized carbons (Fsp3) is 0.689. The van der Waals surface area contributed by atoms with Crippen LogP contribution in [-0.4, -0.2) is 37.2 Å². The molecule has 0 unspecified atom stereocenters. The van der Waals surface area contributed by atoms with Crippen molar-refractivity contribution in [3.8, 4) is 0 Å². The Morgan fingerprint density at radius 2 is 0.552 bits per heavy atom. The van der Waals surface area contributed by atoms with Crippen molar-refractivity contribution in [3.05, 3.63) is 97.2 Å². The van der Waals surface area contributed by atoms with Crippen molar-refractivity contribution < 1.29 is 28.6 Å². The summed E-state index contributed by atoms with van der Waals surface area (Å²) < 4.78 is 16.8. The Bertz CT molecular complexity index is 1350. The molecule has 0 aliphatic carbocycles. The Kier molecular flexibility index (Phi) is 51.9. The zero-order chi connectivity index (χ0) is 48.6. The predicted molar refractivity (Wildman–Crippen MR) is 288 cm³/mol. The summed E-state index contributed by atoms with van der Waals surface area (Å²) in [6.45, 7) is 6.49. The van der Waals surface area contributed by atoms with Gasteiger partial charge >= 0.3 is 17.9 Å². The molecule has 0 aromatic heterocycles.